The molecule has 0 atom stereocenters. The Hall–Kier alpha value is -1.88. The highest BCUT2D eigenvalue weighted by Gasteiger charge is 2.08. The van der Waals surface area contributed by atoms with Crippen LogP contribution in [-0.4, -0.2) is 11.0 Å². The predicted molar refractivity (Wildman–Crippen MR) is 73.4 cm³/mol. The standard InChI is InChI=1S/C14H11BrFNO2/c15-12-7-10(4-5-13(12)16)14(19)17-8-9-2-1-3-11(18)6-9/h1-7,18H,8H2,(H,17,19). The minimum Gasteiger partial charge on any atom is -0.508 e. The van der Waals surface area contributed by atoms with E-state index >= 15 is 0 Å². The normalized spacial score (nSPS) is 10.2. The third kappa shape index (κ3) is 3.54. The van der Waals surface area contributed by atoms with Gasteiger partial charge in [0.1, 0.15) is 11.6 Å². The molecule has 2 N–H and O–H groups in total. The number of benzene rings is 2. The smallest absolute Gasteiger partial charge is 0.251 e. The fraction of sp³-hybridized carbons (Fsp3) is 0.0714. The summed E-state index contributed by atoms with van der Waals surface area (Å²) in [6.07, 6.45) is 0. The zero-order chi connectivity index (χ0) is 13.8. The number of hydrogen-bond acceptors (Lipinski definition) is 2. The van der Waals surface area contributed by atoms with Crippen molar-refractivity contribution >= 4 is 21.8 Å². The highest BCUT2D eigenvalue weighted by atomic mass is 79.9. The van der Waals surface area contributed by atoms with E-state index in [1.54, 1.807) is 24.3 Å². The van der Waals surface area contributed by atoms with E-state index < -0.39 is 5.82 Å². The maximum Gasteiger partial charge on any atom is 0.251 e. The summed E-state index contributed by atoms with van der Waals surface area (Å²) < 4.78 is 13.3. The quantitative estimate of drug-likeness (QED) is 0.911. The highest BCUT2D eigenvalue weighted by molar-refractivity contribution is 9.10. The molecule has 98 valence electrons. The number of phenolic OH excluding ortho intramolecular Hbond substituents is 1. The van der Waals surface area contributed by atoms with Gasteiger partial charge in [0, 0.05) is 12.1 Å². The molecule has 19 heavy (non-hydrogen) atoms. The van der Waals surface area contributed by atoms with Crippen molar-refractivity contribution in [3.05, 3.63) is 63.9 Å². The number of nitrogens with one attached hydrogen (secondary N) is 1. The van der Waals surface area contributed by atoms with Crippen molar-refractivity contribution in [2.24, 2.45) is 0 Å². The lowest BCUT2D eigenvalue weighted by molar-refractivity contribution is 0.0950. The van der Waals surface area contributed by atoms with Gasteiger partial charge < -0.3 is 10.4 Å². The van der Waals surface area contributed by atoms with E-state index in [1.807, 2.05) is 0 Å². The van der Waals surface area contributed by atoms with E-state index in [9.17, 15) is 14.3 Å². The topological polar surface area (TPSA) is 49.3 Å². The van der Waals surface area contributed by atoms with E-state index in [4.69, 9.17) is 0 Å². The molecule has 0 spiro atoms. The van der Waals surface area contributed by atoms with Crippen molar-refractivity contribution in [2.45, 2.75) is 6.54 Å². The molecule has 0 aliphatic carbocycles. The summed E-state index contributed by atoms with van der Waals surface area (Å²) in [5, 5.41) is 12.0. The van der Waals surface area contributed by atoms with Crippen LogP contribution in [0.25, 0.3) is 0 Å². The first-order valence-corrected chi connectivity index (χ1v) is 6.37. The number of amides is 1. The molecule has 5 heteroatoms. The third-order valence-electron chi connectivity index (χ3n) is 2.55. The predicted octanol–water partition coefficient (Wildman–Crippen LogP) is 3.22. The second-order valence-corrected chi connectivity index (χ2v) is 4.84. The van der Waals surface area contributed by atoms with Gasteiger partial charge in [0.15, 0.2) is 0 Å². The van der Waals surface area contributed by atoms with Crippen molar-refractivity contribution in [1.29, 1.82) is 0 Å². The molecule has 0 fully saturated rings. The lowest BCUT2D eigenvalue weighted by atomic mass is 10.2. The molecule has 0 unspecified atom stereocenters. The molecule has 0 bridgehead atoms. The zero-order valence-corrected chi connectivity index (χ0v) is 11.4. The van der Waals surface area contributed by atoms with Crippen molar-refractivity contribution in [1.82, 2.24) is 5.32 Å². The summed E-state index contributed by atoms with van der Waals surface area (Å²) in [6.45, 7) is 0.294. The van der Waals surface area contributed by atoms with Gasteiger partial charge in [-0.3, -0.25) is 4.79 Å². The van der Waals surface area contributed by atoms with Gasteiger partial charge in [-0.2, -0.15) is 0 Å². The summed E-state index contributed by atoms with van der Waals surface area (Å²) in [5.74, 6) is -0.565. The Morgan fingerprint density at radius 1 is 1.26 bits per heavy atom. The molecule has 0 aromatic heterocycles. The lowest BCUT2D eigenvalue weighted by Gasteiger charge is -2.06. The Balaban J connectivity index is 2.03. The fourth-order valence-corrected chi connectivity index (χ4v) is 1.97. The number of hydrogen-bond donors (Lipinski definition) is 2. The first-order chi connectivity index (χ1) is 9.06. The molecule has 2 aromatic carbocycles. The largest absolute Gasteiger partial charge is 0.508 e. The van der Waals surface area contributed by atoms with Crippen LogP contribution in [0.4, 0.5) is 4.39 Å². The molecule has 0 aliphatic rings. The van der Waals surface area contributed by atoms with E-state index in [-0.39, 0.29) is 16.1 Å². The van der Waals surface area contributed by atoms with Gasteiger partial charge in [-0.25, -0.2) is 4.39 Å². The lowest BCUT2D eigenvalue weighted by Crippen LogP contribution is -2.22. The maximum absolute atomic E-state index is 13.1. The maximum atomic E-state index is 13.1. The van der Waals surface area contributed by atoms with Gasteiger partial charge in [-0.05, 0) is 51.8 Å². The minimum absolute atomic E-state index is 0.149. The summed E-state index contributed by atoms with van der Waals surface area (Å²) in [7, 11) is 0. The molecule has 0 saturated carbocycles. The molecule has 0 radical (unpaired) electrons. The minimum atomic E-state index is -0.412. The first kappa shape index (κ1) is 13.5. The first-order valence-electron chi connectivity index (χ1n) is 5.57. The van der Waals surface area contributed by atoms with Crippen molar-refractivity contribution in [3.8, 4) is 5.75 Å². The molecule has 1 amide bonds. The van der Waals surface area contributed by atoms with Crippen LogP contribution in [0, 0.1) is 5.82 Å². The molecule has 2 rings (SSSR count). The molecule has 0 saturated heterocycles. The van der Waals surface area contributed by atoms with Crippen molar-refractivity contribution in [3.63, 3.8) is 0 Å². The monoisotopic (exact) mass is 323 g/mol. The average molecular weight is 324 g/mol. The summed E-state index contributed by atoms with van der Waals surface area (Å²) in [4.78, 5) is 11.8. The van der Waals surface area contributed by atoms with Crippen LogP contribution in [0.3, 0.4) is 0 Å². The van der Waals surface area contributed by atoms with E-state index in [2.05, 4.69) is 21.2 Å². The number of rotatable bonds is 3. The van der Waals surface area contributed by atoms with Crippen molar-refractivity contribution < 1.29 is 14.3 Å². The van der Waals surface area contributed by atoms with Gasteiger partial charge in [-0.15, -0.1) is 0 Å². The van der Waals surface area contributed by atoms with Gasteiger partial charge in [0.05, 0.1) is 4.47 Å². The van der Waals surface area contributed by atoms with Gasteiger partial charge in [0.2, 0.25) is 0 Å². The molecule has 3 nitrogen and oxygen atoms in total. The molecule has 0 aliphatic heterocycles. The Morgan fingerprint density at radius 3 is 2.74 bits per heavy atom. The van der Waals surface area contributed by atoms with Gasteiger partial charge >= 0.3 is 0 Å². The summed E-state index contributed by atoms with van der Waals surface area (Å²) >= 11 is 3.03. The average Bonchev–Trinajstić information content (AvgIpc) is 2.39. The highest BCUT2D eigenvalue weighted by Crippen LogP contribution is 2.17. The second kappa shape index (κ2) is 5.84. The van der Waals surface area contributed by atoms with Gasteiger partial charge in [-0.1, -0.05) is 12.1 Å². The summed E-state index contributed by atoms with van der Waals surface area (Å²) in [6, 6.07) is 10.7. The van der Waals surface area contributed by atoms with Crippen LogP contribution in [0.5, 0.6) is 5.75 Å². The molecular weight excluding hydrogens is 313 g/mol. The molecule has 2 aromatic rings. The number of aromatic hydroxyl groups is 1. The van der Waals surface area contributed by atoms with Crippen LogP contribution in [-0.2, 0) is 6.54 Å². The fourth-order valence-electron chi connectivity index (χ4n) is 1.59. The number of carbonyl (C=O) groups is 1. The second-order valence-electron chi connectivity index (χ2n) is 3.98. The Bertz CT molecular complexity index is 616. The zero-order valence-electron chi connectivity index (χ0n) is 9.86. The Labute approximate surface area is 118 Å². The Morgan fingerprint density at radius 2 is 2.05 bits per heavy atom. The Kier molecular flexibility index (Phi) is 4.16. The number of halogens is 2. The van der Waals surface area contributed by atoms with Crippen molar-refractivity contribution in [2.75, 3.05) is 0 Å². The number of phenols is 1. The van der Waals surface area contributed by atoms with Crippen LogP contribution in [0.1, 0.15) is 15.9 Å². The summed E-state index contributed by atoms with van der Waals surface area (Å²) in [5.41, 5.74) is 1.16. The van der Waals surface area contributed by atoms with E-state index in [1.165, 1.54) is 18.2 Å². The van der Waals surface area contributed by atoms with Crippen LogP contribution < -0.4 is 5.32 Å². The van der Waals surface area contributed by atoms with Crippen LogP contribution in [0.2, 0.25) is 0 Å². The van der Waals surface area contributed by atoms with E-state index in [0.717, 1.165) is 5.56 Å². The van der Waals surface area contributed by atoms with Crippen LogP contribution in [0.15, 0.2) is 46.9 Å². The van der Waals surface area contributed by atoms with Crippen LogP contribution >= 0.6 is 15.9 Å². The van der Waals surface area contributed by atoms with Gasteiger partial charge in [0.25, 0.3) is 5.91 Å². The molecule has 0 heterocycles. The molecular formula is C14H11BrFNO2. The number of carbonyl (C=O) groups excluding carboxylic acids is 1. The van der Waals surface area contributed by atoms with E-state index in [0.29, 0.717) is 12.1 Å². The SMILES string of the molecule is O=C(NCc1cccc(O)c1)c1ccc(F)c(Br)c1. The third-order valence-corrected chi connectivity index (χ3v) is 3.15.